The van der Waals surface area contributed by atoms with Gasteiger partial charge in [-0.1, -0.05) is 0 Å². The SMILES string of the molecule is Cc1nn(C)c(NCCCn2ccnc2)c1C(=O)O. The lowest BCUT2D eigenvalue weighted by molar-refractivity contribution is 0.0697. The van der Waals surface area contributed by atoms with Crippen molar-refractivity contribution in [2.75, 3.05) is 11.9 Å². The highest BCUT2D eigenvalue weighted by atomic mass is 16.4. The molecule has 2 aromatic heterocycles. The van der Waals surface area contributed by atoms with Gasteiger partial charge in [-0.3, -0.25) is 4.68 Å². The molecule has 2 aromatic rings. The van der Waals surface area contributed by atoms with E-state index in [-0.39, 0.29) is 5.56 Å². The summed E-state index contributed by atoms with van der Waals surface area (Å²) in [7, 11) is 1.73. The van der Waals surface area contributed by atoms with Crippen LogP contribution in [0.4, 0.5) is 5.82 Å². The molecule has 0 aliphatic heterocycles. The van der Waals surface area contributed by atoms with E-state index in [4.69, 9.17) is 5.11 Å². The summed E-state index contributed by atoms with van der Waals surface area (Å²) in [5, 5.41) is 16.4. The smallest absolute Gasteiger partial charge is 0.341 e. The summed E-state index contributed by atoms with van der Waals surface area (Å²) in [6.45, 7) is 3.21. The Morgan fingerprint density at radius 3 is 2.95 bits per heavy atom. The van der Waals surface area contributed by atoms with E-state index in [1.807, 2.05) is 10.8 Å². The Labute approximate surface area is 110 Å². The highest BCUT2D eigenvalue weighted by Crippen LogP contribution is 2.18. The topological polar surface area (TPSA) is 85.0 Å². The molecular formula is C12H17N5O2. The number of carboxylic acid groups (broad SMARTS) is 1. The number of aryl methyl sites for hydroxylation is 3. The van der Waals surface area contributed by atoms with Crippen molar-refractivity contribution < 1.29 is 9.90 Å². The fourth-order valence-electron chi connectivity index (χ4n) is 2.00. The van der Waals surface area contributed by atoms with Crippen molar-refractivity contribution in [3.05, 3.63) is 30.0 Å². The van der Waals surface area contributed by atoms with Gasteiger partial charge in [0.15, 0.2) is 0 Å². The van der Waals surface area contributed by atoms with Crippen LogP contribution >= 0.6 is 0 Å². The van der Waals surface area contributed by atoms with Gasteiger partial charge in [0.1, 0.15) is 11.4 Å². The number of aromatic nitrogens is 4. The Morgan fingerprint density at radius 1 is 1.53 bits per heavy atom. The van der Waals surface area contributed by atoms with Crippen LogP contribution in [0.5, 0.6) is 0 Å². The number of hydrogen-bond acceptors (Lipinski definition) is 4. The number of nitrogens with one attached hydrogen (secondary N) is 1. The minimum atomic E-state index is -0.956. The molecule has 2 heterocycles. The lowest BCUT2D eigenvalue weighted by Gasteiger charge is -2.08. The molecule has 7 heteroatoms. The molecule has 102 valence electrons. The fraction of sp³-hybridized carbons (Fsp3) is 0.417. The van der Waals surface area contributed by atoms with Crippen LogP contribution in [0.25, 0.3) is 0 Å². The average molecular weight is 263 g/mol. The molecule has 0 amide bonds. The molecule has 2 rings (SSSR count). The summed E-state index contributed by atoms with van der Waals surface area (Å²) in [4.78, 5) is 15.1. The minimum absolute atomic E-state index is 0.241. The summed E-state index contributed by atoms with van der Waals surface area (Å²) in [5.74, 6) is -0.404. The van der Waals surface area contributed by atoms with E-state index in [0.717, 1.165) is 13.0 Å². The lowest BCUT2D eigenvalue weighted by Crippen LogP contribution is -2.12. The number of imidazole rings is 1. The maximum Gasteiger partial charge on any atom is 0.341 e. The second-order valence-electron chi connectivity index (χ2n) is 4.32. The highest BCUT2D eigenvalue weighted by molar-refractivity contribution is 5.94. The molecule has 0 spiro atoms. The Bertz CT molecular complexity index is 559. The first kappa shape index (κ1) is 13.1. The molecule has 0 saturated carbocycles. The highest BCUT2D eigenvalue weighted by Gasteiger charge is 2.18. The molecule has 0 aliphatic rings. The van der Waals surface area contributed by atoms with Crippen molar-refractivity contribution in [3.63, 3.8) is 0 Å². The van der Waals surface area contributed by atoms with Gasteiger partial charge in [0, 0.05) is 32.5 Å². The molecular weight excluding hydrogens is 246 g/mol. The standard InChI is InChI=1S/C12H17N5O2/c1-9-10(12(18)19)11(16(2)15-9)14-4-3-6-17-7-5-13-8-17/h5,7-8,14H,3-4,6H2,1-2H3,(H,18,19). The summed E-state index contributed by atoms with van der Waals surface area (Å²) >= 11 is 0. The van der Waals surface area contributed by atoms with E-state index in [1.54, 1.807) is 31.2 Å². The Kier molecular flexibility index (Phi) is 3.84. The van der Waals surface area contributed by atoms with Gasteiger partial charge in [0.2, 0.25) is 0 Å². The van der Waals surface area contributed by atoms with Gasteiger partial charge in [-0.05, 0) is 13.3 Å². The van der Waals surface area contributed by atoms with Crippen molar-refractivity contribution in [2.45, 2.75) is 19.9 Å². The van der Waals surface area contributed by atoms with E-state index < -0.39 is 5.97 Å². The Balaban J connectivity index is 1.94. The van der Waals surface area contributed by atoms with Gasteiger partial charge < -0.3 is 15.0 Å². The van der Waals surface area contributed by atoms with Gasteiger partial charge in [0.25, 0.3) is 0 Å². The molecule has 0 unspecified atom stereocenters. The number of aromatic carboxylic acids is 1. The molecule has 7 nitrogen and oxygen atoms in total. The number of carboxylic acids is 1. The van der Waals surface area contributed by atoms with Crippen molar-refractivity contribution in [1.29, 1.82) is 0 Å². The fourth-order valence-corrected chi connectivity index (χ4v) is 2.00. The predicted molar refractivity (Wildman–Crippen MR) is 70.2 cm³/mol. The van der Waals surface area contributed by atoms with E-state index >= 15 is 0 Å². The van der Waals surface area contributed by atoms with Gasteiger partial charge in [-0.25, -0.2) is 9.78 Å². The quantitative estimate of drug-likeness (QED) is 0.763. The zero-order valence-corrected chi connectivity index (χ0v) is 11.0. The molecule has 0 atom stereocenters. The van der Waals surface area contributed by atoms with Gasteiger partial charge in [0.05, 0.1) is 12.0 Å². The monoisotopic (exact) mass is 263 g/mol. The molecule has 19 heavy (non-hydrogen) atoms. The van der Waals surface area contributed by atoms with E-state index in [2.05, 4.69) is 15.4 Å². The van der Waals surface area contributed by atoms with Gasteiger partial charge in [-0.15, -0.1) is 0 Å². The van der Waals surface area contributed by atoms with Crippen LogP contribution in [0.1, 0.15) is 22.5 Å². The first-order valence-corrected chi connectivity index (χ1v) is 6.06. The second kappa shape index (κ2) is 5.55. The van der Waals surface area contributed by atoms with Crippen molar-refractivity contribution in [1.82, 2.24) is 19.3 Å². The second-order valence-corrected chi connectivity index (χ2v) is 4.32. The van der Waals surface area contributed by atoms with Crippen molar-refractivity contribution in [2.24, 2.45) is 7.05 Å². The summed E-state index contributed by atoms with van der Waals surface area (Å²) in [6, 6.07) is 0. The Morgan fingerprint density at radius 2 is 2.32 bits per heavy atom. The maximum absolute atomic E-state index is 11.2. The van der Waals surface area contributed by atoms with E-state index in [0.29, 0.717) is 18.1 Å². The normalized spacial score (nSPS) is 10.6. The van der Waals surface area contributed by atoms with Crippen LogP contribution in [-0.2, 0) is 13.6 Å². The van der Waals surface area contributed by atoms with Crippen LogP contribution in [0.2, 0.25) is 0 Å². The lowest BCUT2D eigenvalue weighted by atomic mass is 10.2. The molecule has 0 aliphatic carbocycles. The third kappa shape index (κ3) is 2.93. The number of hydrogen-bond donors (Lipinski definition) is 2. The Hall–Kier alpha value is -2.31. The van der Waals surface area contributed by atoms with Crippen LogP contribution in [-0.4, -0.2) is 37.0 Å². The average Bonchev–Trinajstić information content (AvgIpc) is 2.93. The number of rotatable bonds is 6. The minimum Gasteiger partial charge on any atom is -0.477 e. The summed E-state index contributed by atoms with van der Waals surface area (Å²) in [6.07, 6.45) is 6.27. The van der Waals surface area contributed by atoms with E-state index in [9.17, 15) is 4.79 Å². The van der Waals surface area contributed by atoms with Crippen LogP contribution in [0.3, 0.4) is 0 Å². The molecule has 0 aromatic carbocycles. The largest absolute Gasteiger partial charge is 0.477 e. The number of carbonyl (C=O) groups is 1. The number of anilines is 1. The summed E-state index contributed by atoms with van der Waals surface area (Å²) in [5.41, 5.74) is 0.761. The third-order valence-corrected chi connectivity index (χ3v) is 2.88. The maximum atomic E-state index is 11.2. The van der Waals surface area contributed by atoms with E-state index in [1.165, 1.54) is 0 Å². The summed E-state index contributed by atoms with van der Waals surface area (Å²) < 4.78 is 3.55. The van der Waals surface area contributed by atoms with Crippen molar-refractivity contribution >= 4 is 11.8 Å². The van der Waals surface area contributed by atoms with Crippen LogP contribution in [0.15, 0.2) is 18.7 Å². The predicted octanol–water partition coefficient (Wildman–Crippen LogP) is 1.13. The molecule has 0 saturated heterocycles. The molecule has 0 fully saturated rings. The molecule has 0 radical (unpaired) electrons. The van der Waals surface area contributed by atoms with Crippen LogP contribution in [0, 0.1) is 6.92 Å². The first-order chi connectivity index (χ1) is 9.09. The molecule has 0 bridgehead atoms. The first-order valence-electron chi connectivity index (χ1n) is 6.06. The van der Waals surface area contributed by atoms with Crippen LogP contribution < -0.4 is 5.32 Å². The zero-order chi connectivity index (χ0) is 13.8. The van der Waals surface area contributed by atoms with Gasteiger partial charge >= 0.3 is 5.97 Å². The van der Waals surface area contributed by atoms with Gasteiger partial charge in [-0.2, -0.15) is 5.10 Å². The molecule has 2 N–H and O–H groups in total. The third-order valence-electron chi connectivity index (χ3n) is 2.88. The number of nitrogens with zero attached hydrogens (tertiary/aromatic N) is 4. The zero-order valence-electron chi connectivity index (χ0n) is 11.0. The van der Waals surface area contributed by atoms with Crippen molar-refractivity contribution in [3.8, 4) is 0 Å².